The summed E-state index contributed by atoms with van der Waals surface area (Å²) in [7, 11) is 1.65. The van der Waals surface area contributed by atoms with Crippen LogP contribution in [0.25, 0.3) is 0 Å². The first-order valence-electron chi connectivity index (χ1n) is 6.43. The Hall–Kier alpha value is -1.09. The zero-order chi connectivity index (χ0) is 15.2. The number of methoxy groups -OCH3 is 1. The number of ether oxygens (including phenoxy) is 2. The minimum Gasteiger partial charge on any atom is -0.497 e. The Labute approximate surface area is 139 Å². The predicted octanol–water partition coefficient (Wildman–Crippen LogP) is 5.36. The minimum absolute atomic E-state index is 0.304. The number of hydrogen-bond donors (Lipinski definition) is 0. The molecule has 0 aliphatic heterocycles. The molecule has 0 heterocycles. The summed E-state index contributed by atoms with van der Waals surface area (Å²) in [6.45, 7) is 0.511. The van der Waals surface area contributed by atoms with Crippen LogP contribution >= 0.6 is 34.8 Å². The quantitative estimate of drug-likeness (QED) is 0.656. The smallest absolute Gasteiger partial charge is 0.142 e. The van der Waals surface area contributed by atoms with E-state index in [0.29, 0.717) is 28.3 Å². The monoisotopic (exact) mass is 344 g/mol. The van der Waals surface area contributed by atoms with E-state index in [1.54, 1.807) is 19.2 Å². The fourth-order valence-electron chi connectivity index (χ4n) is 1.94. The Morgan fingerprint density at radius 2 is 1.76 bits per heavy atom. The van der Waals surface area contributed by atoms with Crippen molar-refractivity contribution in [2.24, 2.45) is 0 Å². The number of alkyl halides is 1. The molecule has 0 unspecified atom stereocenters. The molecule has 5 heteroatoms. The molecule has 0 spiro atoms. The molecule has 112 valence electrons. The highest BCUT2D eigenvalue weighted by Gasteiger charge is 2.10. The van der Waals surface area contributed by atoms with Gasteiger partial charge < -0.3 is 9.47 Å². The van der Waals surface area contributed by atoms with Crippen molar-refractivity contribution in [2.75, 3.05) is 13.7 Å². The zero-order valence-electron chi connectivity index (χ0n) is 11.5. The lowest BCUT2D eigenvalue weighted by molar-refractivity contribution is 0.319. The van der Waals surface area contributed by atoms with Crippen molar-refractivity contribution in [1.82, 2.24) is 0 Å². The van der Waals surface area contributed by atoms with E-state index in [4.69, 9.17) is 44.3 Å². The van der Waals surface area contributed by atoms with Crippen molar-refractivity contribution < 1.29 is 9.47 Å². The number of halogens is 3. The maximum atomic E-state index is 6.15. The standard InChI is InChI=1S/C16H15Cl3O2/c1-20-14-4-2-11(3-5-14)6-7-21-16-12(10-17)8-13(18)9-15(16)19/h2-5,8-9H,6-7,10H2,1H3. The molecule has 0 saturated carbocycles. The SMILES string of the molecule is COc1ccc(CCOc2c(Cl)cc(Cl)cc2CCl)cc1. The molecule has 0 fully saturated rings. The maximum Gasteiger partial charge on any atom is 0.142 e. The average Bonchev–Trinajstić information content (AvgIpc) is 2.49. The average molecular weight is 346 g/mol. The molecule has 2 aromatic rings. The molecule has 2 aromatic carbocycles. The molecule has 0 bridgehead atoms. The van der Waals surface area contributed by atoms with Gasteiger partial charge in [0.1, 0.15) is 11.5 Å². The summed E-state index contributed by atoms with van der Waals surface area (Å²) in [5.74, 6) is 1.74. The normalized spacial score (nSPS) is 10.5. The van der Waals surface area contributed by atoms with E-state index in [1.807, 2.05) is 24.3 Å². The molecule has 0 N–H and O–H groups in total. The molecular weight excluding hydrogens is 331 g/mol. The van der Waals surface area contributed by atoms with Crippen molar-refractivity contribution in [3.8, 4) is 11.5 Å². The Morgan fingerprint density at radius 1 is 1.05 bits per heavy atom. The van der Waals surface area contributed by atoms with E-state index < -0.39 is 0 Å². The fourth-order valence-corrected chi connectivity index (χ4v) is 2.73. The Morgan fingerprint density at radius 3 is 2.38 bits per heavy atom. The first kappa shape index (κ1) is 16.3. The lowest BCUT2D eigenvalue weighted by Gasteiger charge is -2.12. The maximum absolute atomic E-state index is 6.15. The van der Waals surface area contributed by atoms with Crippen molar-refractivity contribution >= 4 is 34.8 Å². The van der Waals surface area contributed by atoms with E-state index in [1.165, 1.54) is 0 Å². The lowest BCUT2D eigenvalue weighted by Crippen LogP contribution is -2.03. The lowest BCUT2D eigenvalue weighted by atomic mass is 10.1. The summed E-state index contributed by atoms with van der Waals surface area (Å²) in [6.07, 6.45) is 0.769. The van der Waals surface area contributed by atoms with Gasteiger partial charge in [-0.25, -0.2) is 0 Å². The molecule has 0 saturated heterocycles. The zero-order valence-corrected chi connectivity index (χ0v) is 13.8. The van der Waals surface area contributed by atoms with Gasteiger partial charge in [0.15, 0.2) is 0 Å². The van der Waals surface area contributed by atoms with Crippen LogP contribution in [0.2, 0.25) is 10.0 Å². The van der Waals surface area contributed by atoms with Gasteiger partial charge in [0.2, 0.25) is 0 Å². The number of hydrogen-bond acceptors (Lipinski definition) is 2. The van der Waals surface area contributed by atoms with Crippen LogP contribution in [0.5, 0.6) is 11.5 Å². The van der Waals surface area contributed by atoms with Crippen LogP contribution in [0.1, 0.15) is 11.1 Å². The van der Waals surface area contributed by atoms with Gasteiger partial charge in [0, 0.05) is 17.0 Å². The van der Waals surface area contributed by atoms with E-state index in [2.05, 4.69) is 0 Å². The molecule has 0 aliphatic rings. The van der Waals surface area contributed by atoms with Crippen LogP contribution < -0.4 is 9.47 Å². The highest BCUT2D eigenvalue weighted by atomic mass is 35.5. The van der Waals surface area contributed by atoms with E-state index >= 15 is 0 Å². The van der Waals surface area contributed by atoms with Crippen LogP contribution in [0.15, 0.2) is 36.4 Å². The van der Waals surface area contributed by atoms with Gasteiger partial charge in [0.25, 0.3) is 0 Å². The highest BCUT2D eigenvalue weighted by molar-refractivity contribution is 6.36. The summed E-state index contributed by atoms with van der Waals surface area (Å²) >= 11 is 18.0. The van der Waals surface area contributed by atoms with Crippen molar-refractivity contribution in [3.05, 3.63) is 57.6 Å². The minimum atomic E-state index is 0.304. The molecule has 0 atom stereocenters. The molecule has 0 aromatic heterocycles. The van der Waals surface area contributed by atoms with Crippen molar-refractivity contribution in [3.63, 3.8) is 0 Å². The Bertz CT molecular complexity index is 597. The molecule has 0 aliphatic carbocycles. The second kappa shape index (κ2) is 7.79. The van der Waals surface area contributed by atoms with Gasteiger partial charge in [-0.15, -0.1) is 11.6 Å². The molecule has 21 heavy (non-hydrogen) atoms. The van der Waals surface area contributed by atoms with Gasteiger partial charge in [-0.1, -0.05) is 35.3 Å². The summed E-state index contributed by atoms with van der Waals surface area (Å²) < 4.78 is 10.9. The van der Waals surface area contributed by atoms with E-state index in [9.17, 15) is 0 Å². The van der Waals surface area contributed by atoms with Gasteiger partial charge in [0.05, 0.1) is 24.6 Å². The first-order chi connectivity index (χ1) is 10.1. The van der Waals surface area contributed by atoms with Crippen molar-refractivity contribution in [1.29, 1.82) is 0 Å². The summed E-state index contributed by atoms with van der Waals surface area (Å²) in [6, 6.07) is 11.3. The molecule has 2 rings (SSSR count). The van der Waals surface area contributed by atoms with Gasteiger partial charge in [-0.3, -0.25) is 0 Å². The van der Waals surface area contributed by atoms with Crippen LogP contribution in [0.4, 0.5) is 0 Å². The van der Waals surface area contributed by atoms with Crippen LogP contribution in [0, 0.1) is 0 Å². The van der Waals surface area contributed by atoms with Crippen molar-refractivity contribution in [2.45, 2.75) is 12.3 Å². The van der Waals surface area contributed by atoms with E-state index in [0.717, 1.165) is 23.3 Å². The largest absolute Gasteiger partial charge is 0.497 e. The van der Waals surface area contributed by atoms with Gasteiger partial charge >= 0.3 is 0 Å². The van der Waals surface area contributed by atoms with Gasteiger partial charge in [-0.2, -0.15) is 0 Å². The first-order valence-corrected chi connectivity index (χ1v) is 7.72. The molecular formula is C16H15Cl3O2. The van der Waals surface area contributed by atoms with E-state index in [-0.39, 0.29) is 0 Å². The predicted molar refractivity (Wildman–Crippen MR) is 88.2 cm³/mol. The van der Waals surface area contributed by atoms with Crippen LogP contribution in [0.3, 0.4) is 0 Å². The molecule has 2 nitrogen and oxygen atoms in total. The summed E-state index contributed by atoms with van der Waals surface area (Å²) in [5.41, 5.74) is 1.96. The Balaban J connectivity index is 1.99. The molecule has 0 radical (unpaired) electrons. The third kappa shape index (κ3) is 4.44. The third-order valence-corrected chi connectivity index (χ3v) is 3.81. The fraction of sp³-hybridized carbons (Fsp3) is 0.250. The number of benzene rings is 2. The highest BCUT2D eigenvalue weighted by Crippen LogP contribution is 2.33. The molecule has 0 amide bonds. The summed E-state index contributed by atoms with van der Waals surface area (Å²) in [4.78, 5) is 0. The summed E-state index contributed by atoms with van der Waals surface area (Å²) in [5, 5.41) is 1.03. The van der Waals surface area contributed by atoms with Crippen LogP contribution in [-0.4, -0.2) is 13.7 Å². The Kier molecular flexibility index (Phi) is 6.04. The second-order valence-corrected chi connectivity index (χ2v) is 5.57. The third-order valence-electron chi connectivity index (χ3n) is 3.03. The second-order valence-electron chi connectivity index (χ2n) is 4.46. The number of rotatable bonds is 6. The van der Waals surface area contributed by atoms with Crippen LogP contribution in [-0.2, 0) is 12.3 Å². The topological polar surface area (TPSA) is 18.5 Å². The van der Waals surface area contributed by atoms with Gasteiger partial charge in [-0.05, 0) is 29.8 Å².